The molecule has 1 spiro atoms. The number of nitrogens with zero attached hydrogens (tertiary/aromatic N) is 1. The molecule has 2 fully saturated rings. The van der Waals surface area contributed by atoms with Gasteiger partial charge in [0, 0.05) is 31.6 Å². The number of carbonyl (C=O) groups is 1. The summed E-state index contributed by atoms with van der Waals surface area (Å²) in [5.41, 5.74) is 0.465. The van der Waals surface area contributed by atoms with Crippen LogP contribution in [0.5, 0.6) is 0 Å². The Bertz CT molecular complexity index is 703. The fraction of sp³-hybridized carbons (Fsp3) is 0.562. The van der Waals surface area contributed by atoms with Crippen LogP contribution in [0.2, 0.25) is 0 Å². The predicted molar refractivity (Wildman–Crippen MR) is 89.7 cm³/mol. The highest BCUT2D eigenvalue weighted by molar-refractivity contribution is 7.89. The molecule has 0 bridgehead atoms. The van der Waals surface area contributed by atoms with E-state index in [1.807, 2.05) is 0 Å². The highest BCUT2D eigenvalue weighted by atomic mass is 32.2. The van der Waals surface area contributed by atoms with Crippen molar-refractivity contribution in [3.05, 3.63) is 24.3 Å². The van der Waals surface area contributed by atoms with Gasteiger partial charge in [0.1, 0.15) is 0 Å². The van der Waals surface area contributed by atoms with Gasteiger partial charge in [0.2, 0.25) is 10.0 Å². The first-order valence-electron chi connectivity index (χ1n) is 8.18. The normalized spacial score (nSPS) is 21.0. The standard InChI is InChI=1S/C16H22N2O6S/c1-22-15(19)17-13-3-5-14(6-4-13)25(20,21)18-9-7-16(8-10-18)23-11-2-12-24-16/h3-6H,2,7-12H2,1H3,(H,17,19). The van der Waals surface area contributed by atoms with Gasteiger partial charge in [-0.2, -0.15) is 4.31 Å². The Morgan fingerprint density at radius 3 is 2.32 bits per heavy atom. The van der Waals surface area contributed by atoms with E-state index in [0.29, 0.717) is 44.8 Å². The Balaban J connectivity index is 1.66. The van der Waals surface area contributed by atoms with Crippen LogP contribution in [0.1, 0.15) is 19.3 Å². The van der Waals surface area contributed by atoms with Gasteiger partial charge in [-0.05, 0) is 30.7 Å². The number of benzene rings is 1. The van der Waals surface area contributed by atoms with Crippen molar-refractivity contribution in [2.45, 2.75) is 29.9 Å². The van der Waals surface area contributed by atoms with Crippen molar-refractivity contribution in [2.75, 3.05) is 38.7 Å². The predicted octanol–water partition coefficient (Wildman–Crippen LogP) is 1.78. The molecule has 1 aromatic carbocycles. The first-order chi connectivity index (χ1) is 12.0. The molecule has 2 heterocycles. The number of hydrogen-bond acceptors (Lipinski definition) is 6. The van der Waals surface area contributed by atoms with E-state index < -0.39 is 21.9 Å². The zero-order valence-corrected chi connectivity index (χ0v) is 14.9. The molecule has 1 amide bonds. The Kier molecular flexibility index (Phi) is 5.28. The van der Waals surface area contributed by atoms with E-state index in [0.717, 1.165) is 6.42 Å². The van der Waals surface area contributed by atoms with Gasteiger partial charge in [0.25, 0.3) is 0 Å². The first kappa shape index (κ1) is 18.1. The minimum Gasteiger partial charge on any atom is -0.453 e. The van der Waals surface area contributed by atoms with E-state index in [-0.39, 0.29) is 4.90 Å². The average Bonchev–Trinajstić information content (AvgIpc) is 2.63. The zero-order chi connectivity index (χ0) is 17.9. The van der Waals surface area contributed by atoms with Crippen LogP contribution in [0.4, 0.5) is 10.5 Å². The van der Waals surface area contributed by atoms with Crippen LogP contribution in [0.25, 0.3) is 0 Å². The van der Waals surface area contributed by atoms with E-state index in [1.165, 1.54) is 35.7 Å². The van der Waals surface area contributed by atoms with Gasteiger partial charge in [-0.15, -0.1) is 0 Å². The molecule has 0 aromatic heterocycles. The Morgan fingerprint density at radius 2 is 1.76 bits per heavy atom. The molecule has 138 valence electrons. The first-order valence-corrected chi connectivity index (χ1v) is 9.62. The molecule has 2 aliphatic rings. The summed E-state index contributed by atoms with van der Waals surface area (Å²) in [5.74, 6) is -0.626. The Labute approximate surface area is 147 Å². The van der Waals surface area contributed by atoms with E-state index in [4.69, 9.17) is 9.47 Å². The highest BCUT2D eigenvalue weighted by Gasteiger charge is 2.41. The molecule has 0 saturated carbocycles. The molecule has 8 nitrogen and oxygen atoms in total. The van der Waals surface area contributed by atoms with Gasteiger partial charge in [0.15, 0.2) is 5.79 Å². The van der Waals surface area contributed by atoms with E-state index in [2.05, 4.69) is 10.1 Å². The number of rotatable bonds is 3. The van der Waals surface area contributed by atoms with Gasteiger partial charge in [-0.25, -0.2) is 13.2 Å². The van der Waals surface area contributed by atoms with E-state index >= 15 is 0 Å². The maximum atomic E-state index is 12.8. The molecule has 0 radical (unpaired) electrons. The van der Waals surface area contributed by atoms with Crippen molar-refractivity contribution in [3.8, 4) is 0 Å². The van der Waals surface area contributed by atoms with Gasteiger partial charge < -0.3 is 14.2 Å². The molecule has 3 rings (SSSR count). The minimum absolute atomic E-state index is 0.185. The molecule has 1 N–H and O–H groups in total. The summed E-state index contributed by atoms with van der Waals surface area (Å²) in [6.45, 7) is 2.01. The fourth-order valence-corrected chi connectivity index (χ4v) is 4.44. The number of ether oxygens (including phenoxy) is 3. The number of nitrogens with one attached hydrogen (secondary N) is 1. The van der Waals surface area contributed by atoms with Gasteiger partial charge in [-0.3, -0.25) is 5.32 Å². The lowest BCUT2D eigenvalue weighted by Gasteiger charge is -2.42. The SMILES string of the molecule is COC(=O)Nc1ccc(S(=O)(=O)N2CCC3(CC2)OCCCO3)cc1. The topological polar surface area (TPSA) is 94.2 Å². The second-order valence-electron chi connectivity index (χ2n) is 6.01. The summed E-state index contributed by atoms with van der Waals surface area (Å²) in [5, 5.41) is 2.49. The molecule has 1 aromatic rings. The molecule has 2 aliphatic heterocycles. The lowest BCUT2D eigenvalue weighted by molar-refractivity contribution is -0.280. The average molecular weight is 370 g/mol. The summed E-state index contributed by atoms with van der Waals surface area (Å²) in [7, 11) is -2.33. The minimum atomic E-state index is -3.59. The van der Waals surface area contributed by atoms with Crippen LogP contribution in [0.3, 0.4) is 0 Å². The quantitative estimate of drug-likeness (QED) is 0.872. The molecule has 0 unspecified atom stereocenters. The van der Waals surface area contributed by atoms with E-state index in [1.54, 1.807) is 0 Å². The Hall–Kier alpha value is -1.68. The fourth-order valence-electron chi connectivity index (χ4n) is 3.00. The maximum absolute atomic E-state index is 12.8. The smallest absolute Gasteiger partial charge is 0.411 e. The van der Waals surface area contributed by atoms with Crippen LogP contribution in [0.15, 0.2) is 29.2 Å². The number of carbonyl (C=O) groups excluding carboxylic acids is 1. The molecular formula is C16H22N2O6S. The number of methoxy groups -OCH3 is 1. The van der Waals surface area contributed by atoms with Crippen LogP contribution in [-0.2, 0) is 24.2 Å². The van der Waals surface area contributed by atoms with Crippen molar-refractivity contribution in [1.82, 2.24) is 4.31 Å². The van der Waals surface area contributed by atoms with Gasteiger partial charge in [0.05, 0.1) is 25.2 Å². The summed E-state index contributed by atoms with van der Waals surface area (Å²) in [6.07, 6.45) is 1.31. The summed E-state index contributed by atoms with van der Waals surface area (Å²) in [4.78, 5) is 11.4. The van der Waals surface area contributed by atoms with Crippen molar-refractivity contribution in [3.63, 3.8) is 0 Å². The Morgan fingerprint density at radius 1 is 1.16 bits per heavy atom. The van der Waals surface area contributed by atoms with Crippen LogP contribution >= 0.6 is 0 Å². The lowest BCUT2D eigenvalue weighted by atomic mass is 10.0. The molecule has 0 atom stereocenters. The number of sulfonamides is 1. The highest BCUT2D eigenvalue weighted by Crippen LogP contribution is 2.33. The summed E-state index contributed by atoms with van der Waals surface area (Å²) >= 11 is 0. The second kappa shape index (κ2) is 7.28. The largest absolute Gasteiger partial charge is 0.453 e. The molecule has 25 heavy (non-hydrogen) atoms. The zero-order valence-electron chi connectivity index (χ0n) is 14.1. The molecular weight excluding hydrogens is 348 g/mol. The van der Waals surface area contributed by atoms with Gasteiger partial charge >= 0.3 is 6.09 Å². The van der Waals surface area contributed by atoms with Crippen molar-refractivity contribution in [2.24, 2.45) is 0 Å². The molecule has 0 aliphatic carbocycles. The third-order valence-corrected chi connectivity index (χ3v) is 6.34. The van der Waals surface area contributed by atoms with Gasteiger partial charge in [-0.1, -0.05) is 0 Å². The number of amides is 1. The van der Waals surface area contributed by atoms with Crippen molar-refractivity contribution >= 4 is 21.8 Å². The molecule has 9 heteroatoms. The van der Waals surface area contributed by atoms with Crippen LogP contribution in [-0.4, -0.2) is 58.0 Å². The van der Waals surface area contributed by atoms with Crippen LogP contribution < -0.4 is 5.32 Å². The second-order valence-corrected chi connectivity index (χ2v) is 7.94. The van der Waals surface area contributed by atoms with Crippen molar-refractivity contribution in [1.29, 1.82) is 0 Å². The number of hydrogen-bond donors (Lipinski definition) is 1. The van der Waals surface area contributed by atoms with Crippen LogP contribution in [0, 0.1) is 0 Å². The third kappa shape index (κ3) is 3.95. The number of piperidine rings is 1. The molecule has 2 saturated heterocycles. The lowest BCUT2D eigenvalue weighted by Crippen LogP contribution is -2.51. The summed E-state index contributed by atoms with van der Waals surface area (Å²) in [6, 6.07) is 6.00. The monoisotopic (exact) mass is 370 g/mol. The third-order valence-electron chi connectivity index (χ3n) is 4.43. The van der Waals surface area contributed by atoms with E-state index in [9.17, 15) is 13.2 Å². The summed E-state index contributed by atoms with van der Waals surface area (Å²) < 4.78 is 43.0. The number of anilines is 1. The maximum Gasteiger partial charge on any atom is 0.411 e. The van der Waals surface area contributed by atoms with Crippen molar-refractivity contribution < 1.29 is 27.4 Å².